The minimum atomic E-state index is -1.21. The van der Waals surface area contributed by atoms with E-state index in [0.717, 1.165) is 61.6 Å². The first kappa shape index (κ1) is 17.2. The van der Waals surface area contributed by atoms with Gasteiger partial charge < -0.3 is 4.90 Å². The Hall–Kier alpha value is -1.92. The highest BCUT2D eigenvalue weighted by atomic mass is 32.2. The molecular weight excluding hydrogens is 356 g/mol. The third-order valence-electron chi connectivity index (χ3n) is 6.09. The number of hydrogen-bond donors (Lipinski definition) is 0. The van der Waals surface area contributed by atoms with Gasteiger partial charge in [0, 0.05) is 32.2 Å². The molecule has 1 saturated carbocycles. The van der Waals surface area contributed by atoms with Crippen LogP contribution < -0.4 is 0 Å². The van der Waals surface area contributed by atoms with Crippen molar-refractivity contribution in [1.29, 1.82) is 0 Å². The molecule has 2 fully saturated rings. The molecule has 1 aliphatic carbocycles. The molecule has 0 radical (unpaired) electrons. The zero-order valence-corrected chi connectivity index (χ0v) is 16.4. The largest absolute Gasteiger partial charge is 0.339 e. The Balaban J connectivity index is 1.30. The second-order valence-corrected chi connectivity index (χ2v) is 9.06. The first-order valence-electron chi connectivity index (χ1n) is 10.0. The van der Waals surface area contributed by atoms with Crippen molar-refractivity contribution in [2.75, 3.05) is 39.3 Å². The van der Waals surface area contributed by atoms with Crippen molar-refractivity contribution in [3.8, 4) is 0 Å². The van der Waals surface area contributed by atoms with Crippen LogP contribution in [-0.4, -0.2) is 69.6 Å². The minimum absolute atomic E-state index is 0.734. The molecule has 27 heavy (non-hydrogen) atoms. The minimum Gasteiger partial charge on any atom is -0.339 e. The number of rotatable bonds is 3. The van der Waals surface area contributed by atoms with Crippen LogP contribution in [-0.2, 0) is 11.0 Å². The van der Waals surface area contributed by atoms with Crippen LogP contribution in [0.15, 0.2) is 52.4 Å². The lowest BCUT2D eigenvalue weighted by Crippen LogP contribution is -2.55. The average Bonchev–Trinajstić information content (AvgIpc) is 3.16. The van der Waals surface area contributed by atoms with E-state index in [1.807, 2.05) is 22.5 Å². The number of piperazine rings is 1. The quantitative estimate of drug-likeness (QED) is 0.819. The molecule has 5 nitrogen and oxygen atoms in total. The standard InChI is InChI=1S/C21H26N4OS/c26-27(20-9-8-17-4-1-2-5-18(17)16-20)25-11-10-22-21(25)24-14-12-23(13-15-24)19-6-3-7-19/h1-2,4-5,8-9,16,19H,3,6-7,10-15H2. The molecule has 3 aliphatic rings. The predicted octanol–water partition coefficient (Wildman–Crippen LogP) is 2.70. The van der Waals surface area contributed by atoms with E-state index in [2.05, 4.69) is 34.1 Å². The number of hydrogen-bond acceptors (Lipinski definition) is 4. The normalized spacial score (nSPS) is 22.7. The first-order valence-corrected chi connectivity index (χ1v) is 11.1. The smallest absolute Gasteiger partial charge is 0.209 e. The van der Waals surface area contributed by atoms with Crippen molar-refractivity contribution in [3.05, 3.63) is 42.5 Å². The number of benzene rings is 2. The van der Waals surface area contributed by atoms with Crippen LogP contribution in [0.1, 0.15) is 19.3 Å². The van der Waals surface area contributed by atoms with Crippen molar-refractivity contribution < 1.29 is 4.21 Å². The van der Waals surface area contributed by atoms with Crippen LogP contribution in [0.5, 0.6) is 0 Å². The van der Waals surface area contributed by atoms with Crippen molar-refractivity contribution in [2.45, 2.75) is 30.2 Å². The lowest BCUT2D eigenvalue weighted by molar-refractivity contribution is 0.0834. The summed E-state index contributed by atoms with van der Waals surface area (Å²) in [7, 11) is -1.21. The fourth-order valence-corrected chi connectivity index (χ4v) is 5.51. The van der Waals surface area contributed by atoms with Crippen LogP contribution in [0.25, 0.3) is 10.8 Å². The summed E-state index contributed by atoms with van der Waals surface area (Å²) in [6, 6.07) is 15.1. The van der Waals surface area contributed by atoms with Crippen molar-refractivity contribution in [1.82, 2.24) is 14.1 Å². The summed E-state index contributed by atoms with van der Waals surface area (Å²) >= 11 is 0. The molecule has 6 heteroatoms. The van der Waals surface area contributed by atoms with Crippen molar-refractivity contribution >= 4 is 27.7 Å². The van der Waals surface area contributed by atoms with E-state index >= 15 is 0 Å². The molecule has 1 unspecified atom stereocenters. The van der Waals surface area contributed by atoms with Crippen LogP contribution in [0, 0.1) is 0 Å². The topological polar surface area (TPSA) is 39.2 Å². The van der Waals surface area contributed by atoms with Crippen molar-refractivity contribution in [2.24, 2.45) is 4.99 Å². The van der Waals surface area contributed by atoms with Gasteiger partial charge in [-0.05, 0) is 35.7 Å². The van der Waals surface area contributed by atoms with E-state index in [1.54, 1.807) is 0 Å². The predicted molar refractivity (Wildman–Crippen MR) is 110 cm³/mol. The second kappa shape index (κ2) is 7.24. The highest BCUT2D eigenvalue weighted by Crippen LogP contribution is 2.26. The van der Waals surface area contributed by atoms with Gasteiger partial charge in [-0.15, -0.1) is 0 Å². The molecule has 0 amide bonds. The Labute approximate surface area is 163 Å². The van der Waals surface area contributed by atoms with Gasteiger partial charge >= 0.3 is 0 Å². The summed E-state index contributed by atoms with van der Waals surface area (Å²) in [6.45, 7) is 5.64. The molecule has 2 aromatic rings. The molecule has 142 valence electrons. The van der Waals surface area contributed by atoms with Crippen LogP contribution >= 0.6 is 0 Å². The molecule has 5 rings (SSSR count). The Bertz CT molecular complexity index is 887. The lowest BCUT2D eigenvalue weighted by atomic mass is 9.91. The molecule has 2 aliphatic heterocycles. The maximum absolute atomic E-state index is 13.3. The van der Waals surface area contributed by atoms with Gasteiger partial charge in [-0.25, -0.2) is 4.21 Å². The zero-order chi connectivity index (χ0) is 18.2. The summed E-state index contributed by atoms with van der Waals surface area (Å²) < 4.78 is 15.3. The van der Waals surface area contributed by atoms with Gasteiger partial charge in [0.1, 0.15) is 0 Å². The Morgan fingerprint density at radius 3 is 2.44 bits per heavy atom. The highest BCUT2D eigenvalue weighted by molar-refractivity contribution is 7.83. The van der Waals surface area contributed by atoms with E-state index < -0.39 is 11.0 Å². The molecule has 0 N–H and O–H groups in total. The summed E-state index contributed by atoms with van der Waals surface area (Å²) in [5.41, 5.74) is 0. The second-order valence-electron chi connectivity index (χ2n) is 7.65. The van der Waals surface area contributed by atoms with Gasteiger partial charge in [0.2, 0.25) is 5.96 Å². The lowest BCUT2D eigenvalue weighted by Gasteiger charge is -2.44. The fourth-order valence-electron chi connectivity index (χ4n) is 4.28. The van der Waals surface area contributed by atoms with E-state index in [-0.39, 0.29) is 0 Å². The summed E-state index contributed by atoms with van der Waals surface area (Å²) in [6.07, 6.45) is 4.11. The monoisotopic (exact) mass is 382 g/mol. The number of fused-ring (bicyclic) bond motifs is 1. The van der Waals surface area contributed by atoms with Crippen molar-refractivity contribution in [3.63, 3.8) is 0 Å². The van der Waals surface area contributed by atoms with E-state index in [1.165, 1.54) is 24.6 Å². The van der Waals surface area contributed by atoms with Gasteiger partial charge in [0.25, 0.3) is 0 Å². The average molecular weight is 383 g/mol. The summed E-state index contributed by atoms with van der Waals surface area (Å²) in [5, 5.41) is 2.32. The van der Waals surface area contributed by atoms with E-state index in [0.29, 0.717) is 0 Å². The molecule has 0 spiro atoms. The number of guanidine groups is 1. The van der Waals surface area contributed by atoms with Crippen LogP contribution in [0.2, 0.25) is 0 Å². The fraction of sp³-hybridized carbons (Fsp3) is 0.476. The zero-order valence-electron chi connectivity index (χ0n) is 15.6. The highest BCUT2D eigenvalue weighted by Gasteiger charge is 2.33. The van der Waals surface area contributed by atoms with Crippen LogP contribution in [0.3, 0.4) is 0 Å². The van der Waals surface area contributed by atoms with Crippen LogP contribution in [0.4, 0.5) is 0 Å². The molecule has 0 aromatic heterocycles. The molecule has 1 saturated heterocycles. The first-order chi connectivity index (χ1) is 13.3. The third-order valence-corrected chi connectivity index (χ3v) is 7.49. The van der Waals surface area contributed by atoms with Gasteiger partial charge in [0.15, 0.2) is 11.0 Å². The molecular formula is C21H26N4OS. The van der Waals surface area contributed by atoms with E-state index in [4.69, 9.17) is 4.99 Å². The van der Waals surface area contributed by atoms with Gasteiger partial charge in [-0.3, -0.25) is 14.2 Å². The Morgan fingerprint density at radius 1 is 0.926 bits per heavy atom. The third kappa shape index (κ3) is 3.25. The molecule has 1 atom stereocenters. The summed E-state index contributed by atoms with van der Waals surface area (Å²) in [5.74, 6) is 0.926. The van der Waals surface area contributed by atoms with Gasteiger partial charge in [-0.2, -0.15) is 0 Å². The maximum atomic E-state index is 13.3. The Morgan fingerprint density at radius 2 is 1.70 bits per heavy atom. The Kier molecular flexibility index (Phi) is 4.61. The molecule has 2 heterocycles. The maximum Gasteiger partial charge on any atom is 0.209 e. The number of aliphatic imine (C=N–C) groups is 1. The SMILES string of the molecule is O=S(c1ccc2ccccc2c1)N1CCN=C1N1CCN(C2CCC2)CC1. The van der Waals surface area contributed by atoms with E-state index in [9.17, 15) is 4.21 Å². The summed E-state index contributed by atoms with van der Waals surface area (Å²) in [4.78, 5) is 10.5. The molecule has 0 bridgehead atoms. The molecule has 2 aromatic carbocycles. The number of nitrogens with zero attached hydrogens (tertiary/aromatic N) is 4. The van der Waals surface area contributed by atoms with Gasteiger partial charge in [0.05, 0.1) is 18.0 Å². The van der Waals surface area contributed by atoms with Gasteiger partial charge in [-0.1, -0.05) is 36.8 Å².